The van der Waals surface area contributed by atoms with Crippen molar-refractivity contribution >= 4 is 41.0 Å². The predicted molar refractivity (Wildman–Crippen MR) is 144 cm³/mol. The lowest BCUT2D eigenvalue weighted by Crippen LogP contribution is -2.65. The van der Waals surface area contributed by atoms with Crippen LogP contribution in [0, 0.1) is 5.92 Å². The number of hydrogen-bond donors (Lipinski definition) is 3. The fraction of sp³-hybridized carbons (Fsp3) is 0.808. The van der Waals surface area contributed by atoms with Gasteiger partial charge in [0, 0.05) is 32.2 Å². The average molecular weight is 538 g/mol. The number of nitrogens with one attached hydrogen (secondary N) is 3. The minimum atomic E-state index is -1.08. The van der Waals surface area contributed by atoms with Crippen LogP contribution in [-0.4, -0.2) is 89.5 Å². The van der Waals surface area contributed by atoms with E-state index in [0.717, 1.165) is 44.9 Å². The van der Waals surface area contributed by atoms with Gasteiger partial charge in [0.1, 0.15) is 10.5 Å². The Hall–Kier alpha value is -2.43. The molecule has 11 heteroatoms. The molecule has 1 atom stereocenters. The number of nitrogens with zero attached hydrogens (tertiary/aromatic N) is 2. The zero-order chi connectivity index (χ0) is 27.0. The first-order valence-corrected chi connectivity index (χ1v) is 14.1. The maximum absolute atomic E-state index is 13.8. The van der Waals surface area contributed by atoms with Crippen LogP contribution in [0.3, 0.4) is 0 Å². The summed E-state index contributed by atoms with van der Waals surface area (Å²) in [6.45, 7) is 5.46. The average Bonchev–Trinajstić information content (AvgIpc) is 3.40. The highest BCUT2D eigenvalue weighted by molar-refractivity contribution is 7.82. The van der Waals surface area contributed by atoms with Crippen molar-refractivity contribution in [2.24, 2.45) is 5.92 Å². The second-order valence-corrected chi connectivity index (χ2v) is 11.4. The van der Waals surface area contributed by atoms with Gasteiger partial charge in [-0.2, -0.15) is 0 Å². The first-order chi connectivity index (χ1) is 17.6. The number of piperazine rings is 1. The quantitative estimate of drug-likeness (QED) is 0.407. The van der Waals surface area contributed by atoms with Crippen LogP contribution in [-0.2, 0) is 14.3 Å². The van der Waals surface area contributed by atoms with Crippen LogP contribution in [0.1, 0.15) is 78.1 Å². The van der Waals surface area contributed by atoms with E-state index in [-0.39, 0.29) is 34.7 Å². The van der Waals surface area contributed by atoms with Gasteiger partial charge < -0.3 is 30.5 Å². The van der Waals surface area contributed by atoms with E-state index in [1.807, 2.05) is 13.8 Å². The van der Waals surface area contributed by atoms with E-state index in [4.69, 9.17) is 17.0 Å². The van der Waals surface area contributed by atoms with Crippen LogP contribution in [0.15, 0.2) is 0 Å². The van der Waals surface area contributed by atoms with E-state index in [1.54, 1.807) is 9.80 Å². The van der Waals surface area contributed by atoms with Crippen molar-refractivity contribution in [2.75, 3.05) is 33.3 Å². The summed E-state index contributed by atoms with van der Waals surface area (Å²) in [5.41, 5.74) is -1.08. The van der Waals surface area contributed by atoms with Gasteiger partial charge in [-0.05, 0) is 38.0 Å². The Kier molecular flexibility index (Phi) is 10.5. The number of rotatable bonds is 8. The smallest absolute Gasteiger partial charge is 0.409 e. The highest BCUT2D eigenvalue weighted by Gasteiger charge is 2.43. The number of Topliss-reactive ketones (excluding diaryl/α,β-unsaturated/α-hetero) is 1. The molecule has 10 nitrogen and oxygen atoms in total. The summed E-state index contributed by atoms with van der Waals surface area (Å²) in [7, 11) is 1.33. The predicted octanol–water partition coefficient (Wildman–Crippen LogP) is 2.74. The molecule has 4 amide bonds. The largest absolute Gasteiger partial charge is 0.453 e. The Bertz CT molecular complexity index is 846. The van der Waals surface area contributed by atoms with Gasteiger partial charge in [-0.1, -0.05) is 58.2 Å². The number of carbonyl (C=O) groups excluding carboxylic acids is 4. The summed E-state index contributed by atoms with van der Waals surface area (Å²) in [6.07, 6.45) is 7.95. The van der Waals surface area contributed by atoms with Crippen LogP contribution in [0.25, 0.3) is 0 Å². The molecule has 37 heavy (non-hydrogen) atoms. The highest BCUT2D eigenvalue weighted by Crippen LogP contribution is 2.29. The molecule has 3 aliphatic rings. The van der Waals surface area contributed by atoms with Crippen molar-refractivity contribution in [2.45, 2.75) is 95.7 Å². The molecular formula is C26H43N5O5S. The van der Waals surface area contributed by atoms with Crippen molar-refractivity contribution in [3.05, 3.63) is 0 Å². The number of ketones is 1. The summed E-state index contributed by atoms with van der Waals surface area (Å²) in [5, 5.41) is 9.21. The van der Waals surface area contributed by atoms with Crippen LogP contribution in [0.2, 0.25) is 0 Å². The molecule has 0 radical (unpaired) electrons. The van der Waals surface area contributed by atoms with Crippen molar-refractivity contribution in [1.29, 1.82) is 0 Å². The first kappa shape index (κ1) is 29.1. The monoisotopic (exact) mass is 537 g/mol. The van der Waals surface area contributed by atoms with Crippen LogP contribution < -0.4 is 16.0 Å². The van der Waals surface area contributed by atoms with Gasteiger partial charge in [0.2, 0.25) is 11.7 Å². The van der Waals surface area contributed by atoms with E-state index in [1.165, 1.54) is 7.11 Å². The van der Waals surface area contributed by atoms with E-state index in [9.17, 15) is 19.2 Å². The molecule has 2 aliphatic carbocycles. The molecule has 208 valence electrons. The zero-order valence-electron chi connectivity index (χ0n) is 22.5. The van der Waals surface area contributed by atoms with Crippen LogP contribution in [0.5, 0.6) is 0 Å². The summed E-state index contributed by atoms with van der Waals surface area (Å²) in [5.74, 6) is -0.414. The lowest BCUT2D eigenvalue weighted by Gasteiger charge is -2.40. The number of thiocarbonyl (C=S) groups is 1. The zero-order valence-corrected chi connectivity index (χ0v) is 23.3. The lowest BCUT2D eigenvalue weighted by atomic mass is 9.80. The van der Waals surface area contributed by atoms with E-state index >= 15 is 0 Å². The summed E-state index contributed by atoms with van der Waals surface area (Å²) in [6, 6.07) is -0.851. The molecule has 0 spiro atoms. The van der Waals surface area contributed by atoms with Crippen LogP contribution in [0.4, 0.5) is 9.59 Å². The number of ether oxygens (including phenoxy) is 1. The third-order valence-electron chi connectivity index (χ3n) is 7.73. The molecule has 0 aromatic heterocycles. The molecule has 3 N–H and O–H groups in total. The minimum Gasteiger partial charge on any atom is -0.453 e. The van der Waals surface area contributed by atoms with E-state index in [2.05, 4.69) is 16.0 Å². The van der Waals surface area contributed by atoms with Crippen molar-refractivity contribution < 1.29 is 23.9 Å². The molecule has 3 rings (SSSR count). The second kappa shape index (κ2) is 13.4. The SMILES string of the molecule is COC(=O)N1CCN(C(=O)NC2(C(=O)N[C@@H](CC(C)C)C(=O)C(=S)NC3CCCC3)CCCCC2)CC1. The van der Waals surface area contributed by atoms with Crippen LogP contribution >= 0.6 is 12.2 Å². The number of urea groups is 1. The molecule has 1 saturated heterocycles. The normalized spacial score (nSPS) is 20.8. The van der Waals surface area contributed by atoms with Gasteiger partial charge >= 0.3 is 12.1 Å². The Morgan fingerprint density at radius 2 is 1.54 bits per heavy atom. The van der Waals surface area contributed by atoms with Gasteiger partial charge in [0.05, 0.1) is 13.2 Å². The maximum Gasteiger partial charge on any atom is 0.409 e. The fourth-order valence-corrected chi connectivity index (χ4v) is 5.86. The highest BCUT2D eigenvalue weighted by atomic mass is 32.1. The topological polar surface area (TPSA) is 120 Å². The second-order valence-electron chi connectivity index (χ2n) is 11.0. The van der Waals surface area contributed by atoms with Gasteiger partial charge in [-0.3, -0.25) is 9.59 Å². The molecule has 1 heterocycles. The summed E-state index contributed by atoms with van der Waals surface area (Å²) < 4.78 is 4.77. The minimum absolute atomic E-state index is 0.173. The Labute approximate surface area is 225 Å². The molecule has 0 bridgehead atoms. The van der Waals surface area contributed by atoms with Gasteiger partial charge in [-0.15, -0.1) is 0 Å². The molecular weight excluding hydrogens is 494 g/mol. The third-order valence-corrected chi connectivity index (χ3v) is 8.05. The Morgan fingerprint density at radius 1 is 0.946 bits per heavy atom. The number of methoxy groups -OCH3 is 1. The molecule has 1 aliphatic heterocycles. The van der Waals surface area contributed by atoms with Crippen molar-refractivity contribution in [3.8, 4) is 0 Å². The van der Waals surface area contributed by atoms with Gasteiger partial charge in [0.15, 0.2) is 0 Å². The maximum atomic E-state index is 13.8. The molecule has 0 aromatic carbocycles. The van der Waals surface area contributed by atoms with Crippen molar-refractivity contribution in [1.82, 2.24) is 25.8 Å². The standard InChI is InChI=1S/C26H43N5O5S/c1-18(2)17-20(21(32)22(37)27-19-9-5-6-10-19)28-23(33)26(11-7-4-8-12-26)29-24(34)30-13-15-31(16-14-30)25(35)36-3/h18-20H,4-17H2,1-3H3,(H,27,37)(H,28,33)(H,29,34)/t20-/m0/s1. The third kappa shape index (κ3) is 7.78. The fourth-order valence-electron chi connectivity index (χ4n) is 5.55. The lowest BCUT2D eigenvalue weighted by molar-refractivity contribution is -0.131. The molecule has 0 aromatic rings. The summed E-state index contributed by atoms with van der Waals surface area (Å²) >= 11 is 5.45. The Morgan fingerprint density at radius 3 is 2.11 bits per heavy atom. The molecule has 0 unspecified atom stereocenters. The van der Waals surface area contributed by atoms with Gasteiger partial charge in [0.25, 0.3) is 0 Å². The molecule has 3 fully saturated rings. The van der Waals surface area contributed by atoms with E-state index in [0.29, 0.717) is 45.4 Å². The number of hydrogen-bond acceptors (Lipinski definition) is 6. The van der Waals surface area contributed by atoms with Gasteiger partial charge in [-0.25, -0.2) is 9.59 Å². The van der Waals surface area contributed by atoms with Crippen molar-refractivity contribution in [3.63, 3.8) is 0 Å². The number of carbonyl (C=O) groups is 4. The summed E-state index contributed by atoms with van der Waals surface area (Å²) in [4.78, 5) is 55.4. The molecule has 2 saturated carbocycles. The Balaban J connectivity index is 1.67. The van der Waals surface area contributed by atoms with E-state index < -0.39 is 17.7 Å². The number of amides is 4. The first-order valence-electron chi connectivity index (χ1n) is 13.7.